The molecule has 1 N–H and O–H groups in total. The lowest BCUT2D eigenvalue weighted by Crippen LogP contribution is -2.42. The van der Waals surface area contributed by atoms with Gasteiger partial charge in [0.1, 0.15) is 0 Å². The van der Waals surface area contributed by atoms with Crippen LogP contribution >= 0.6 is 0 Å². The molecule has 8 heteroatoms. The average Bonchev–Trinajstić information content (AvgIpc) is 2.78. The Morgan fingerprint density at radius 3 is 2.63 bits per heavy atom. The van der Waals surface area contributed by atoms with Crippen molar-refractivity contribution in [1.82, 2.24) is 9.62 Å². The number of esters is 1. The minimum atomic E-state index is -3.77. The highest BCUT2D eigenvalue weighted by molar-refractivity contribution is 7.89. The number of hydrogen-bond donors (Lipinski definition) is 1. The van der Waals surface area contributed by atoms with E-state index >= 15 is 0 Å². The first-order chi connectivity index (χ1) is 14.4. The summed E-state index contributed by atoms with van der Waals surface area (Å²) in [5.41, 5.74) is 1.12. The molecule has 30 heavy (non-hydrogen) atoms. The fourth-order valence-electron chi connectivity index (χ4n) is 3.45. The molecule has 2 aromatic rings. The van der Waals surface area contributed by atoms with Crippen molar-refractivity contribution in [3.63, 3.8) is 0 Å². The first-order valence-electron chi connectivity index (χ1n) is 10.0. The lowest BCUT2D eigenvalue weighted by atomic mass is 9.97. The van der Waals surface area contributed by atoms with Crippen LogP contribution in [0.25, 0.3) is 0 Å². The van der Waals surface area contributed by atoms with Gasteiger partial charge in [0, 0.05) is 25.2 Å². The molecule has 0 unspecified atom stereocenters. The Kier molecular flexibility index (Phi) is 7.23. The molecule has 1 aliphatic rings. The van der Waals surface area contributed by atoms with Crippen molar-refractivity contribution in [3.05, 3.63) is 65.7 Å². The maximum absolute atomic E-state index is 12.9. The highest BCUT2D eigenvalue weighted by Gasteiger charge is 2.30. The summed E-state index contributed by atoms with van der Waals surface area (Å²) in [6.07, 6.45) is 1.38. The maximum Gasteiger partial charge on any atom is 0.310 e. The van der Waals surface area contributed by atoms with Gasteiger partial charge in [0.25, 0.3) is 5.91 Å². The standard InChI is InChI=1S/C22H26N2O5S/c1-2-29-22(26)19-11-7-13-24(16-19)21(25)18-10-6-12-20(14-18)30(27,28)23-15-17-8-4-3-5-9-17/h3-6,8-10,12,14,19,23H,2,7,11,13,15-16H2,1H3/t19-/m0/s1. The van der Waals surface area contributed by atoms with E-state index in [0.29, 0.717) is 26.0 Å². The van der Waals surface area contributed by atoms with E-state index in [1.165, 1.54) is 12.1 Å². The Balaban J connectivity index is 1.71. The molecule has 2 aromatic carbocycles. The van der Waals surface area contributed by atoms with Gasteiger partial charge in [0.15, 0.2) is 0 Å². The van der Waals surface area contributed by atoms with Crippen LogP contribution in [0.5, 0.6) is 0 Å². The minimum Gasteiger partial charge on any atom is -0.466 e. The molecule has 0 saturated carbocycles. The molecular formula is C22H26N2O5S. The molecule has 3 rings (SSSR count). The third-order valence-electron chi connectivity index (χ3n) is 5.03. The molecule has 0 spiro atoms. The van der Waals surface area contributed by atoms with Gasteiger partial charge in [-0.25, -0.2) is 13.1 Å². The normalized spacial score (nSPS) is 16.8. The number of amides is 1. The first-order valence-corrected chi connectivity index (χ1v) is 11.5. The van der Waals surface area contributed by atoms with Gasteiger partial charge in [-0.2, -0.15) is 0 Å². The van der Waals surface area contributed by atoms with Crippen LogP contribution in [0.15, 0.2) is 59.5 Å². The van der Waals surface area contributed by atoms with Gasteiger partial charge in [0.2, 0.25) is 10.0 Å². The van der Waals surface area contributed by atoms with Crippen molar-refractivity contribution in [2.75, 3.05) is 19.7 Å². The highest BCUT2D eigenvalue weighted by atomic mass is 32.2. The highest BCUT2D eigenvalue weighted by Crippen LogP contribution is 2.21. The Labute approximate surface area is 177 Å². The number of hydrogen-bond acceptors (Lipinski definition) is 5. The molecule has 1 heterocycles. The van der Waals surface area contributed by atoms with Gasteiger partial charge in [0.05, 0.1) is 17.4 Å². The monoisotopic (exact) mass is 430 g/mol. The number of carbonyl (C=O) groups excluding carboxylic acids is 2. The van der Waals surface area contributed by atoms with Gasteiger partial charge in [-0.1, -0.05) is 36.4 Å². The van der Waals surface area contributed by atoms with Crippen molar-refractivity contribution in [1.29, 1.82) is 0 Å². The number of nitrogens with one attached hydrogen (secondary N) is 1. The Bertz CT molecular complexity index is 992. The number of sulfonamides is 1. The minimum absolute atomic E-state index is 0.0308. The molecule has 0 radical (unpaired) electrons. The molecule has 0 bridgehead atoms. The predicted molar refractivity (Wildman–Crippen MR) is 112 cm³/mol. The Morgan fingerprint density at radius 2 is 1.90 bits per heavy atom. The molecule has 1 aliphatic heterocycles. The van der Waals surface area contributed by atoms with Crippen LogP contribution in [0.2, 0.25) is 0 Å². The number of carbonyl (C=O) groups is 2. The van der Waals surface area contributed by atoms with E-state index in [4.69, 9.17) is 4.74 Å². The largest absolute Gasteiger partial charge is 0.466 e. The molecular weight excluding hydrogens is 404 g/mol. The Morgan fingerprint density at radius 1 is 1.13 bits per heavy atom. The molecule has 1 saturated heterocycles. The SMILES string of the molecule is CCOC(=O)[C@H]1CCCN(C(=O)c2cccc(S(=O)(=O)NCc3ccccc3)c2)C1. The van der Waals surface area contributed by atoms with Crippen LogP contribution in [-0.2, 0) is 26.1 Å². The van der Waals surface area contributed by atoms with E-state index in [1.54, 1.807) is 24.0 Å². The zero-order valence-electron chi connectivity index (χ0n) is 16.9. The number of rotatable bonds is 7. The second kappa shape index (κ2) is 9.86. The number of nitrogens with zero attached hydrogens (tertiary/aromatic N) is 1. The lowest BCUT2D eigenvalue weighted by Gasteiger charge is -2.31. The fourth-order valence-corrected chi connectivity index (χ4v) is 4.51. The maximum atomic E-state index is 12.9. The Hall–Kier alpha value is -2.71. The molecule has 1 atom stereocenters. The second-order valence-corrected chi connectivity index (χ2v) is 8.95. The quantitative estimate of drug-likeness (QED) is 0.682. The molecule has 1 amide bonds. The van der Waals surface area contributed by atoms with E-state index in [2.05, 4.69) is 4.72 Å². The lowest BCUT2D eigenvalue weighted by molar-refractivity contribution is -0.149. The van der Waals surface area contributed by atoms with Gasteiger partial charge in [-0.15, -0.1) is 0 Å². The molecule has 160 valence electrons. The van der Waals surface area contributed by atoms with Crippen LogP contribution in [0, 0.1) is 5.92 Å². The number of piperidine rings is 1. The zero-order valence-corrected chi connectivity index (χ0v) is 17.7. The average molecular weight is 431 g/mol. The third-order valence-corrected chi connectivity index (χ3v) is 6.43. The van der Waals surface area contributed by atoms with Crippen LogP contribution < -0.4 is 4.72 Å². The van der Waals surface area contributed by atoms with Crippen molar-refractivity contribution in [2.24, 2.45) is 5.92 Å². The van der Waals surface area contributed by atoms with Crippen LogP contribution in [0.4, 0.5) is 0 Å². The fraction of sp³-hybridized carbons (Fsp3) is 0.364. The summed E-state index contributed by atoms with van der Waals surface area (Å²) in [6, 6.07) is 15.2. The van der Waals surface area contributed by atoms with Crippen LogP contribution in [0.1, 0.15) is 35.7 Å². The van der Waals surface area contributed by atoms with Crippen molar-refractivity contribution < 1.29 is 22.7 Å². The van der Waals surface area contributed by atoms with E-state index in [-0.39, 0.29) is 41.3 Å². The van der Waals surface area contributed by atoms with E-state index in [1.807, 2.05) is 30.3 Å². The van der Waals surface area contributed by atoms with Crippen LogP contribution in [-0.4, -0.2) is 44.9 Å². The number of likely N-dealkylation sites (tertiary alicyclic amines) is 1. The number of benzene rings is 2. The molecule has 0 aliphatic carbocycles. The van der Waals surface area contributed by atoms with E-state index < -0.39 is 10.0 Å². The smallest absolute Gasteiger partial charge is 0.310 e. The second-order valence-electron chi connectivity index (χ2n) is 7.18. The van der Waals surface area contributed by atoms with E-state index in [0.717, 1.165) is 5.56 Å². The molecule has 0 aromatic heterocycles. The topological polar surface area (TPSA) is 92.8 Å². The predicted octanol–water partition coefficient (Wildman–Crippen LogP) is 2.58. The zero-order chi connectivity index (χ0) is 21.6. The summed E-state index contributed by atoms with van der Waals surface area (Å²) >= 11 is 0. The van der Waals surface area contributed by atoms with Crippen molar-refractivity contribution in [2.45, 2.75) is 31.2 Å². The summed E-state index contributed by atoms with van der Waals surface area (Å²) in [5, 5.41) is 0. The van der Waals surface area contributed by atoms with Crippen molar-refractivity contribution >= 4 is 21.9 Å². The summed E-state index contributed by atoms with van der Waals surface area (Å²) in [4.78, 5) is 26.6. The van der Waals surface area contributed by atoms with Gasteiger partial charge < -0.3 is 9.64 Å². The summed E-state index contributed by atoms with van der Waals surface area (Å²) in [5.74, 6) is -0.928. The third kappa shape index (κ3) is 5.46. The molecule has 1 fully saturated rings. The van der Waals surface area contributed by atoms with E-state index in [9.17, 15) is 18.0 Å². The molecule has 7 nitrogen and oxygen atoms in total. The first kappa shape index (κ1) is 22.0. The van der Waals surface area contributed by atoms with Gasteiger partial charge in [-0.3, -0.25) is 9.59 Å². The summed E-state index contributed by atoms with van der Waals surface area (Å²) in [6.45, 7) is 3.02. The van der Waals surface area contributed by atoms with Crippen molar-refractivity contribution in [3.8, 4) is 0 Å². The summed E-state index contributed by atoms with van der Waals surface area (Å²) in [7, 11) is -3.77. The van der Waals surface area contributed by atoms with Gasteiger partial charge in [-0.05, 0) is 43.5 Å². The van der Waals surface area contributed by atoms with Gasteiger partial charge >= 0.3 is 5.97 Å². The number of ether oxygens (including phenoxy) is 1. The van der Waals surface area contributed by atoms with Crippen LogP contribution in [0.3, 0.4) is 0 Å². The summed E-state index contributed by atoms with van der Waals surface area (Å²) < 4.78 is 33.0.